The number of guanidine groups is 1. The Labute approximate surface area is 191 Å². The van der Waals surface area contributed by atoms with Crippen molar-refractivity contribution in [2.45, 2.75) is 40.2 Å². The Bertz CT molecular complexity index is 899. The molecule has 1 amide bonds. The van der Waals surface area contributed by atoms with Crippen LogP contribution in [0.2, 0.25) is 0 Å². The normalized spacial score (nSPS) is 12.1. The average Bonchev–Trinajstić information content (AvgIpc) is 2.82. The van der Waals surface area contributed by atoms with Crippen molar-refractivity contribution in [3.63, 3.8) is 0 Å². The average molecular weight is 441 g/mol. The van der Waals surface area contributed by atoms with Crippen molar-refractivity contribution < 1.29 is 14.3 Å². The Kier molecular flexibility index (Phi) is 10.4. The zero-order valence-electron chi connectivity index (χ0n) is 19.8. The second-order valence-corrected chi connectivity index (χ2v) is 7.56. The molecule has 7 nitrogen and oxygen atoms in total. The van der Waals surface area contributed by atoms with Gasteiger partial charge in [-0.15, -0.1) is 0 Å². The van der Waals surface area contributed by atoms with Crippen LogP contribution < -0.4 is 25.4 Å². The highest BCUT2D eigenvalue weighted by atomic mass is 16.5. The van der Waals surface area contributed by atoms with Crippen LogP contribution in [0.1, 0.15) is 38.3 Å². The van der Waals surface area contributed by atoms with E-state index in [4.69, 9.17) is 9.47 Å². The number of methoxy groups -OCH3 is 2. The van der Waals surface area contributed by atoms with Gasteiger partial charge in [0.15, 0.2) is 17.5 Å². The molecule has 2 aromatic rings. The first-order chi connectivity index (χ1) is 15.5. The standard InChI is InChI=1S/C25H36N4O3/c1-6-18(3)24(30)29-21-10-8-9-20(15-21)17-28-25(26-7-2)27-14-13-19-11-12-22(31-4)23(16-19)32-5/h8-12,15-16,18H,6-7,13-14,17H2,1-5H3,(H,29,30)(H2,26,27,28). The Morgan fingerprint density at radius 2 is 1.78 bits per heavy atom. The molecule has 2 rings (SSSR count). The molecule has 7 heteroatoms. The molecule has 3 N–H and O–H groups in total. The lowest BCUT2D eigenvalue weighted by Crippen LogP contribution is -2.38. The third kappa shape index (κ3) is 7.80. The lowest BCUT2D eigenvalue weighted by Gasteiger charge is -2.13. The van der Waals surface area contributed by atoms with Crippen molar-refractivity contribution in [2.24, 2.45) is 10.9 Å². The van der Waals surface area contributed by atoms with Crippen molar-refractivity contribution in [3.05, 3.63) is 53.6 Å². The summed E-state index contributed by atoms with van der Waals surface area (Å²) in [6, 6.07) is 13.8. The van der Waals surface area contributed by atoms with E-state index in [2.05, 4.69) is 20.9 Å². The van der Waals surface area contributed by atoms with Crippen molar-refractivity contribution in [3.8, 4) is 11.5 Å². The summed E-state index contributed by atoms with van der Waals surface area (Å²) in [7, 11) is 3.27. The smallest absolute Gasteiger partial charge is 0.227 e. The Morgan fingerprint density at radius 1 is 1.00 bits per heavy atom. The molecule has 0 aliphatic heterocycles. The van der Waals surface area contributed by atoms with E-state index in [0.717, 1.165) is 60.2 Å². The molecule has 1 atom stereocenters. The van der Waals surface area contributed by atoms with Gasteiger partial charge < -0.3 is 25.4 Å². The van der Waals surface area contributed by atoms with Gasteiger partial charge in [-0.2, -0.15) is 0 Å². The maximum absolute atomic E-state index is 12.1. The molecule has 0 saturated heterocycles. The fourth-order valence-electron chi connectivity index (χ4n) is 3.07. The molecule has 174 valence electrons. The van der Waals surface area contributed by atoms with Gasteiger partial charge in [-0.05, 0) is 55.2 Å². The third-order valence-electron chi connectivity index (χ3n) is 5.17. The lowest BCUT2D eigenvalue weighted by atomic mass is 10.1. The summed E-state index contributed by atoms with van der Waals surface area (Å²) in [5.74, 6) is 2.24. The molecule has 0 aliphatic rings. The molecular formula is C25H36N4O3. The van der Waals surface area contributed by atoms with Crippen LogP contribution in [0, 0.1) is 5.92 Å². The summed E-state index contributed by atoms with van der Waals surface area (Å²) in [5.41, 5.74) is 2.98. The topological polar surface area (TPSA) is 84.0 Å². The number of anilines is 1. The molecular weight excluding hydrogens is 404 g/mol. The summed E-state index contributed by atoms with van der Waals surface area (Å²) in [5, 5.41) is 9.62. The summed E-state index contributed by atoms with van der Waals surface area (Å²) in [6.07, 6.45) is 1.64. The highest BCUT2D eigenvalue weighted by Crippen LogP contribution is 2.27. The minimum absolute atomic E-state index is 0.00750. The van der Waals surface area contributed by atoms with Gasteiger partial charge in [-0.1, -0.05) is 32.0 Å². The van der Waals surface area contributed by atoms with E-state index in [-0.39, 0.29) is 11.8 Å². The van der Waals surface area contributed by atoms with E-state index in [1.165, 1.54) is 0 Å². The van der Waals surface area contributed by atoms with Gasteiger partial charge in [0.1, 0.15) is 0 Å². The van der Waals surface area contributed by atoms with Crippen molar-refractivity contribution >= 4 is 17.6 Å². The van der Waals surface area contributed by atoms with Gasteiger partial charge in [0.05, 0.1) is 20.8 Å². The first kappa shape index (κ1) is 25.0. The maximum atomic E-state index is 12.1. The number of ether oxygens (including phenoxy) is 2. The number of carbonyl (C=O) groups excluding carboxylic acids is 1. The SMILES string of the molecule is CCNC(=NCc1cccc(NC(=O)C(C)CC)c1)NCCc1ccc(OC)c(OC)c1. The van der Waals surface area contributed by atoms with Gasteiger partial charge in [-0.3, -0.25) is 4.79 Å². The number of benzene rings is 2. The number of nitrogens with one attached hydrogen (secondary N) is 3. The van der Waals surface area contributed by atoms with Gasteiger partial charge >= 0.3 is 0 Å². The van der Waals surface area contributed by atoms with Crippen LogP contribution in [0.4, 0.5) is 5.69 Å². The predicted molar refractivity (Wildman–Crippen MR) is 131 cm³/mol. The Balaban J connectivity index is 1.95. The van der Waals surface area contributed by atoms with E-state index >= 15 is 0 Å². The number of nitrogens with zero attached hydrogens (tertiary/aromatic N) is 1. The molecule has 1 unspecified atom stereocenters. The lowest BCUT2D eigenvalue weighted by molar-refractivity contribution is -0.119. The summed E-state index contributed by atoms with van der Waals surface area (Å²) in [4.78, 5) is 16.8. The number of rotatable bonds is 11. The molecule has 0 radical (unpaired) electrons. The fourth-order valence-corrected chi connectivity index (χ4v) is 3.07. The van der Waals surface area contributed by atoms with Gasteiger partial charge in [0, 0.05) is 24.7 Å². The Hall–Kier alpha value is -3.22. The maximum Gasteiger partial charge on any atom is 0.227 e. The fraction of sp³-hybridized carbons (Fsp3) is 0.440. The second kappa shape index (κ2) is 13.2. The van der Waals surface area contributed by atoms with Gasteiger partial charge in [-0.25, -0.2) is 4.99 Å². The van der Waals surface area contributed by atoms with Crippen LogP contribution in [-0.2, 0) is 17.8 Å². The van der Waals surface area contributed by atoms with Crippen LogP contribution in [0.15, 0.2) is 47.5 Å². The molecule has 0 fully saturated rings. The minimum Gasteiger partial charge on any atom is -0.493 e. The van der Waals surface area contributed by atoms with Gasteiger partial charge in [0.2, 0.25) is 5.91 Å². The summed E-state index contributed by atoms with van der Waals surface area (Å²) >= 11 is 0. The van der Waals surface area contributed by atoms with E-state index in [0.29, 0.717) is 6.54 Å². The van der Waals surface area contributed by atoms with E-state index < -0.39 is 0 Å². The van der Waals surface area contributed by atoms with Crippen LogP contribution in [0.5, 0.6) is 11.5 Å². The number of amides is 1. The highest BCUT2D eigenvalue weighted by Gasteiger charge is 2.10. The third-order valence-corrected chi connectivity index (χ3v) is 5.17. The molecule has 0 aliphatic carbocycles. The number of carbonyl (C=O) groups is 1. The first-order valence-electron chi connectivity index (χ1n) is 11.1. The molecule has 0 saturated carbocycles. The monoisotopic (exact) mass is 440 g/mol. The summed E-state index contributed by atoms with van der Waals surface area (Å²) < 4.78 is 10.7. The van der Waals surface area contributed by atoms with Crippen LogP contribution in [0.25, 0.3) is 0 Å². The van der Waals surface area contributed by atoms with E-state index in [1.807, 2.05) is 63.2 Å². The zero-order chi connectivity index (χ0) is 23.3. The number of aliphatic imine (C=N–C) groups is 1. The first-order valence-corrected chi connectivity index (χ1v) is 11.1. The number of hydrogen-bond acceptors (Lipinski definition) is 4. The zero-order valence-corrected chi connectivity index (χ0v) is 19.8. The van der Waals surface area contributed by atoms with E-state index in [9.17, 15) is 4.79 Å². The molecule has 2 aromatic carbocycles. The van der Waals surface area contributed by atoms with Crippen LogP contribution in [-0.4, -0.2) is 39.2 Å². The van der Waals surface area contributed by atoms with Crippen molar-refractivity contribution in [1.82, 2.24) is 10.6 Å². The van der Waals surface area contributed by atoms with E-state index in [1.54, 1.807) is 14.2 Å². The van der Waals surface area contributed by atoms with Crippen LogP contribution in [0.3, 0.4) is 0 Å². The molecule has 0 bridgehead atoms. The Morgan fingerprint density at radius 3 is 2.47 bits per heavy atom. The molecule has 0 heterocycles. The van der Waals surface area contributed by atoms with Crippen molar-refractivity contribution in [1.29, 1.82) is 0 Å². The molecule has 0 aromatic heterocycles. The summed E-state index contributed by atoms with van der Waals surface area (Å²) in [6.45, 7) is 7.99. The highest BCUT2D eigenvalue weighted by molar-refractivity contribution is 5.92. The second-order valence-electron chi connectivity index (χ2n) is 7.56. The molecule has 0 spiro atoms. The van der Waals surface area contributed by atoms with Crippen LogP contribution >= 0.6 is 0 Å². The van der Waals surface area contributed by atoms with Gasteiger partial charge in [0.25, 0.3) is 0 Å². The largest absolute Gasteiger partial charge is 0.493 e. The van der Waals surface area contributed by atoms with Crippen molar-refractivity contribution in [2.75, 3.05) is 32.6 Å². The predicted octanol–water partition coefficient (Wildman–Crippen LogP) is 3.99. The quantitative estimate of drug-likeness (QED) is 0.364. The molecule has 32 heavy (non-hydrogen) atoms. The minimum atomic E-state index is -0.00750. The number of hydrogen-bond donors (Lipinski definition) is 3.